The lowest BCUT2D eigenvalue weighted by Gasteiger charge is -2.35. The van der Waals surface area contributed by atoms with Crippen molar-refractivity contribution in [2.75, 3.05) is 23.9 Å². The molecule has 192 valence electrons. The van der Waals surface area contributed by atoms with Crippen LogP contribution in [-0.2, 0) is 23.2 Å². The number of methoxy groups -OCH3 is 1. The molecular weight excluding hydrogens is 480 g/mol. The van der Waals surface area contributed by atoms with E-state index in [1.54, 1.807) is 43.2 Å². The average molecular weight is 509 g/mol. The molecule has 0 unspecified atom stereocenters. The number of carbonyl (C=O) groups is 3. The standard InChI is InChI=1S/C30H28N4O4/c1-4-18-6-5-7-20(16-18)31-27(35)19-8-10-21(11-9-19)34-28(36)30(2)26-23(14-15-33(30)29(34)37)24-17-22(38-3)12-13-25(24)32-26/h5-13,16-17,32H,4,14-15H2,1-3H3,(H,31,35)/t30-/m0/s1. The van der Waals surface area contributed by atoms with E-state index >= 15 is 0 Å². The van der Waals surface area contributed by atoms with Gasteiger partial charge in [0.2, 0.25) is 0 Å². The zero-order chi connectivity index (χ0) is 26.6. The number of aryl methyl sites for hydroxylation is 1. The van der Waals surface area contributed by atoms with Crippen LogP contribution in [0.25, 0.3) is 10.9 Å². The molecule has 4 amide bonds. The SMILES string of the molecule is CCc1cccc(NC(=O)c2ccc(N3C(=O)N4CCc5c([nH]c6ccc(OC)cc56)[C@@]4(C)C3=O)cc2)c1. The van der Waals surface area contributed by atoms with Crippen LogP contribution in [-0.4, -0.2) is 41.4 Å². The third-order valence-corrected chi connectivity index (χ3v) is 7.75. The normalized spacial score (nSPS) is 18.5. The van der Waals surface area contributed by atoms with E-state index in [1.807, 2.05) is 42.5 Å². The highest BCUT2D eigenvalue weighted by Gasteiger charge is 2.59. The molecule has 3 aromatic carbocycles. The average Bonchev–Trinajstić information content (AvgIpc) is 3.41. The summed E-state index contributed by atoms with van der Waals surface area (Å²) in [6.07, 6.45) is 1.50. The van der Waals surface area contributed by atoms with Crippen LogP contribution in [0.2, 0.25) is 0 Å². The molecule has 2 aliphatic heterocycles. The summed E-state index contributed by atoms with van der Waals surface area (Å²) in [6.45, 7) is 4.28. The molecule has 0 radical (unpaired) electrons. The molecule has 1 saturated heterocycles. The summed E-state index contributed by atoms with van der Waals surface area (Å²) < 4.78 is 5.40. The summed E-state index contributed by atoms with van der Waals surface area (Å²) in [4.78, 5) is 46.5. The Morgan fingerprint density at radius 3 is 2.61 bits per heavy atom. The first-order valence-electron chi connectivity index (χ1n) is 12.7. The van der Waals surface area contributed by atoms with Crippen LogP contribution < -0.4 is 15.0 Å². The lowest BCUT2D eigenvalue weighted by atomic mass is 9.87. The van der Waals surface area contributed by atoms with Crippen molar-refractivity contribution in [3.05, 3.63) is 89.1 Å². The first-order chi connectivity index (χ1) is 18.3. The molecule has 1 atom stereocenters. The number of carbonyl (C=O) groups excluding carboxylic acids is 3. The third kappa shape index (κ3) is 3.48. The van der Waals surface area contributed by atoms with Gasteiger partial charge in [-0.2, -0.15) is 0 Å². The second kappa shape index (κ2) is 8.76. The summed E-state index contributed by atoms with van der Waals surface area (Å²) in [7, 11) is 1.62. The molecule has 2 aliphatic rings. The van der Waals surface area contributed by atoms with Gasteiger partial charge in [0.1, 0.15) is 5.75 Å². The smallest absolute Gasteiger partial charge is 0.332 e. The van der Waals surface area contributed by atoms with Crippen molar-refractivity contribution in [1.29, 1.82) is 0 Å². The van der Waals surface area contributed by atoms with Crippen LogP contribution in [0, 0.1) is 0 Å². The molecule has 0 saturated carbocycles. The van der Waals surface area contributed by atoms with Gasteiger partial charge in [0, 0.05) is 28.7 Å². The number of amides is 4. The molecule has 8 heteroatoms. The van der Waals surface area contributed by atoms with Gasteiger partial charge in [-0.1, -0.05) is 19.1 Å². The fraction of sp³-hybridized carbons (Fsp3) is 0.233. The largest absolute Gasteiger partial charge is 0.497 e. The molecule has 6 rings (SSSR count). The molecule has 0 aliphatic carbocycles. The van der Waals surface area contributed by atoms with Gasteiger partial charge >= 0.3 is 6.03 Å². The summed E-state index contributed by atoms with van der Waals surface area (Å²) in [5.74, 6) is 0.159. The lowest BCUT2D eigenvalue weighted by Crippen LogP contribution is -2.49. The lowest BCUT2D eigenvalue weighted by molar-refractivity contribution is -0.125. The Morgan fingerprint density at radius 1 is 1.08 bits per heavy atom. The number of rotatable bonds is 5. The van der Waals surface area contributed by atoms with Crippen molar-refractivity contribution in [2.24, 2.45) is 0 Å². The highest BCUT2D eigenvalue weighted by Crippen LogP contribution is 2.45. The van der Waals surface area contributed by atoms with E-state index in [0.29, 0.717) is 24.2 Å². The first kappa shape index (κ1) is 23.8. The van der Waals surface area contributed by atoms with Crippen molar-refractivity contribution in [2.45, 2.75) is 32.2 Å². The number of aromatic amines is 1. The number of imide groups is 1. The van der Waals surface area contributed by atoms with Crippen molar-refractivity contribution in [1.82, 2.24) is 9.88 Å². The number of ether oxygens (including phenoxy) is 1. The fourth-order valence-electron chi connectivity index (χ4n) is 5.61. The van der Waals surface area contributed by atoms with Crippen LogP contribution in [0.1, 0.15) is 41.0 Å². The van der Waals surface area contributed by atoms with Gasteiger partial charge < -0.3 is 19.9 Å². The Balaban J connectivity index is 1.29. The minimum absolute atomic E-state index is 0.258. The second-order valence-electron chi connectivity index (χ2n) is 9.84. The van der Waals surface area contributed by atoms with Gasteiger partial charge in [-0.25, -0.2) is 9.69 Å². The molecule has 8 nitrogen and oxygen atoms in total. The first-order valence-corrected chi connectivity index (χ1v) is 12.7. The summed E-state index contributed by atoms with van der Waals surface area (Å²) in [6, 6.07) is 19.7. The van der Waals surface area contributed by atoms with Crippen LogP contribution in [0.15, 0.2) is 66.7 Å². The molecule has 2 N–H and O–H groups in total. The van der Waals surface area contributed by atoms with Crippen molar-refractivity contribution >= 4 is 40.1 Å². The topological polar surface area (TPSA) is 94.7 Å². The number of nitrogens with one attached hydrogen (secondary N) is 2. The number of urea groups is 1. The summed E-state index contributed by atoms with van der Waals surface area (Å²) in [5.41, 5.74) is 4.23. The number of H-pyrrole nitrogens is 1. The molecule has 1 aromatic heterocycles. The minimum atomic E-state index is -1.16. The van der Waals surface area contributed by atoms with E-state index in [-0.39, 0.29) is 17.8 Å². The Kier molecular flexibility index (Phi) is 5.48. The monoisotopic (exact) mass is 508 g/mol. The van der Waals surface area contributed by atoms with Gasteiger partial charge in [0.25, 0.3) is 11.8 Å². The molecule has 1 fully saturated rings. The van der Waals surface area contributed by atoms with Crippen LogP contribution >= 0.6 is 0 Å². The number of hydrogen-bond donors (Lipinski definition) is 2. The number of aromatic nitrogens is 1. The Bertz CT molecular complexity index is 1610. The van der Waals surface area contributed by atoms with E-state index in [2.05, 4.69) is 17.2 Å². The van der Waals surface area contributed by atoms with E-state index < -0.39 is 5.54 Å². The van der Waals surface area contributed by atoms with E-state index in [9.17, 15) is 14.4 Å². The predicted octanol–water partition coefficient (Wildman–Crippen LogP) is 5.23. The van der Waals surface area contributed by atoms with Crippen molar-refractivity contribution in [3.63, 3.8) is 0 Å². The van der Waals surface area contributed by atoms with Gasteiger partial charge in [0.05, 0.1) is 18.5 Å². The zero-order valence-corrected chi connectivity index (χ0v) is 21.5. The van der Waals surface area contributed by atoms with Crippen molar-refractivity contribution in [3.8, 4) is 5.75 Å². The second-order valence-corrected chi connectivity index (χ2v) is 9.84. The van der Waals surface area contributed by atoms with Crippen LogP contribution in [0.3, 0.4) is 0 Å². The van der Waals surface area contributed by atoms with Crippen molar-refractivity contribution < 1.29 is 19.1 Å². The number of hydrogen-bond acceptors (Lipinski definition) is 4. The molecule has 3 heterocycles. The van der Waals surface area contributed by atoms with Crippen LogP contribution in [0.4, 0.5) is 16.2 Å². The molecule has 38 heavy (non-hydrogen) atoms. The fourth-order valence-corrected chi connectivity index (χ4v) is 5.61. The van der Waals surface area contributed by atoms with Crippen LogP contribution in [0.5, 0.6) is 5.75 Å². The maximum absolute atomic E-state index is 13.9. The maximum Gasteiger partial charge on any atom is 0.332 e. The number of benzene rings is 3. The molecule has 0 bridgehead atoms. The number of nitrogens with zero attached hydrogens (tertiary/aromatic N) is 2. The van der Waals surface area contributed by atoms with Gasteiger partial charge in [-0.15, -0.1) is 0 Å². The number of anilines is 2. The van der Waals surface area contributed by atoms with E-state index in [1.165, 1.54) is 4.90 Å². The maximum atomic E-state index is 13.9. The van der Waals surface area contributed by atoms with Gasteiger partial charge in [-0.3, -0.25) is 9.59 Å². The number of fused-ring (bicyclic) bond motifs is 5. The Labute approximate surface area is 220 Å². The molecule has 4 aromatic rings. The quantitative estimate of drug-likeness (QED) is 0.361. The predicted molar refractivity (Wildman–Crippen MR) is 146 cm³/mol. The highest BCUT2D eigenvalue weighted by molar-refractivity contribution is 6.23. The minimum Gasteiger partial charge on any atom is -0.497 e. The summed E-state index contributed by atoms with van der Waals surface area (Å²) in [5, 5.41) is 3.91. The van der Waals surface area contributed by atoms with E-state index in [4.69, 9.17) is 4.74 Å². The van der Waals surface area contributed by atoms with Gasteiger partial charge in [0.15, 0.2) is 5.54 Å². The highest BCUT2D eigenvalue weighted by atomic mass is 16.5. The Hall–Kier alpha value is -4.59. The summed E-state index contributed by atoms with van der Waals surface area (Å²) >= 11 is 0. The molecule has 0 spiro atoms. The zero-order valence-electron chi connectivity index (χ0n) is 21.5. The third-order valence-electron chi connectivity index (χ3n) is 7.75. The Morgan fingerprint density at radius 2 is 1.87 bits per heavy atom. The van der Waals surface area contributed by atoms with E-state index in [0.717, 1.165) is 45.6 Å². The van der Waals surface area contributed by atoms with Gasteiger partial charge in [-0.05, 0) is 85.5 Å². The molecular formula is C30H28N4O4.